The van der Waals surface area contributed by atoms with Crippen molar-refractivity contribution in [2.45, 2.75) is 6.92 Å². The largest absolute Gasteiger partial charge is 0.425 e. The van der Waals surface area contributed by atoms with Gasteiger partial charge in [0.2, 0.25) is 5.88 Å². The average molecular weight is 148 g/mol. The molecule has 0 N–H and O–H groups in total. The van der Waals surface area contributed by atoms with Gasteiger partial charge < -0.3 is 4.42 Å². The Hall–Kier alpha value is -1.38. The van der Waals surface area contributed by atoms with Crippen molar-refractivity contribution in [3.63, 3.8) is 0 Å². The fourth-order valence-electron chi connectivity index (χ4n) is 0.937. The molecule has 56 valence electrons. The third-order valence-corrected chi connectivity index (χ3v) is 1.56. The molecule has 0 saturated carbocycles. The number of nitrogens with zero attached hydrogens (tertiary/aromatic N) is 2. The van der Waals surface area contributed by atoms with Gasteiger partial charge in [0.25, 0.3) is 0 Å². The minimum atomic E-state index is 0.361. The predicted molar refractivity (Wildman–Crippen MR) is 42.9 cm³/mol. The first-order valence-electron chi connectivity index (χ1n) is 3.52. The number of aliphatic imine (C=N–C) groups is 1. The summed E-state index contributed by atoms with van der Waals surface area (Å²) in [6.07, 6.45) is 7.21. The van der Waals surface area contributed by atoms with Gasteiger partial charge in [-0.25, -0.2) is 9.98 Å². The molecular weight excluding hydrogens is 140 g/mol. The van der Waals surface area contributed by atoms with Crippen molar-refractivity contribution >= 4 is 18.2 Å². The number of aromatic nitrogens is 1. The second-order valence-electron chi connectivity index (χ2n) is 2.54. The lowest BCUT2D eigenvalue weighted by Gasteiger charge is -1.89. The van der Waals surface area contributed by atoms with Crippen LogP contribution in [0.1, 0.15) is 12.6 Å². The van der Waals surface area contributed by atoms with Crippen LogP contribution in [0, 0.1) is 5.92 Å². The third kappa shape index (κ3) is 1.09. The summed E-state index contributed by atoms with van der Waals surface area (Å²) >= 11 is 0. The van der Waals surface area contributed by atoms with Crippen molar-refractivity contribution in [3.05, 3.63) is 18.2 Å². The Bertz CT molecular complexity index is 283. The Morgan fingerprint density at radius 2 is 2.45 bits per heavy atom. The minimum Gasteiger partial charge on any atom is -0.425 e. The number of hydrogen-bond donors (Lipinski definition) is 0. The molecule has 0 spiro atoms. The summed E-state index contributed by atoms with van der Waals surface area (Å²) in [5.74, 6) is 0.963. The Labute approximate surface area is 64.5 Å². The molecule has 3 heteroatoms. The van der Waals surface area contributed by atoms with Gasteiger partial charge in [0.15, 0.2) is 6.39 Å². The number of rotatable bonds is 0. The van der Waals surface area contributed by atoms with E-state index in [4.69, 9.17) is 4.42 Å². The smallest absolute Gasteiger partial charge is 0.246 e. The van der Waals surface area contributed by atoms with E-state index in [1.165, 1.54) is 6.39 Å². The van der Waals surface area contributed by atoms with E-state index in [0.717, 1.165) is 5.69 Å². The average Bonchev–Trinajstić information content (AvgIpc) is 2.38. The second kappa shape index (κ2) is 2.34. The number of allylic oxidation sites excluding steroid dienone is 1. The van der Waals surface area contributed by atoms with E-state index in [9.17, 15) is 0 Å². The standard InChI is InChI=1S/C8H8N2O/c1-6-2-3-7-8(9-4-6)11-5-10-7/h2-6H,1H3. The molecular formula is C8H8N2O. The van der Waals surface area contributed by atoms with Crippen LogP contribution in [0.15, 0.2) is 21.9 Å². The van der Waals surface area contributed by atoms with E-state index in [1.54, 1.807) is 0 Å². The molecule has 2 rings (SSSR count). The fraction of sp³-hybridized carbons (Fsp3) is 0.250. The predicted octanol–water partition coefficient (Wildman–Crippen LogP) is 2.04. The number of hydrogen-bond acceptors (Lipinski definition) is 3. The lowest BCUT2D eigenvalue weighted by atomic mass is 10.2. The molecule has 0 aromatic carbocycles. The van der Waals surface area contributed by atoms with E-state index >= 15 is 0 Å². The maximum absolute atomic E-state index is 5.02. The second-order valence-corrected chi connectivity index (χ2v) is 2.54. The highest BCUT2D eigenvalue weighted by Crippen LogP contribution is 2.21. The van der Waals surface area contributed by atoms with Gasteiger partial charge in [0.05, 0.1) is 0 Å². The molecule has 0 aliphatic carbocycles. The summed E-state index contributed by atoms with van der Waals surface area (Å²) in [5, 5.41) is 0. The maximum Gasteiger partial charge on any atom is 0.246 e. The first-order chi connectivity index (χ1) is 5.36. The normalized spacial score (nSPS) is 21.4. The summed E-state index contributed by atoms with van der Waals surface area (Å²) < 4.78 is 5.02. The summed E-state index contributed by atoms with van der Waals surface area (Å²) in [7, 11) is 0. The van der Waals surface area contributed by atoms with E-state index in [-0.39, 0.29) is 0 Å². The minimum absolute atomic E-state index is 0.361. The Morgan fingerprint density at radius 3 is 3.36 bits per heavy atom. The monoisotopic (exact) mass is 148 g/mol. The van der Waals surface area contributed by atoms with E-state index in [2.05, 4.69) is 16.9 Å². The lowest BCUT2D eigenvalue weighted by molar-refractivity contribution is 0.568. The molecule has 2 heterocycles. The number of oxazole rings is 1. The van der Waals surface area contributed by atoms with Gasteiger partial charge in [-0.05, 0) is 6.08 Å². The highest BCUT2D eigenvalue weighted by Gasteiger charge is 2.06. The topological polar surface area (TPSA) is 38.4 Å². The molecule has 3 nitrogen and oxygen atoms in total. The molecule has 1 aromatic rings. The van der Waals surface area contributed by atoms with E-state index in [1.807, 2.05) is 18.4 Å². The van der Waals surface area contributed by atoms with Gasteiger partial charge in [-0.1, -0.05) is 13.0 Å². The molecule has 0 amide bonds. The van der Waals surface area contributed by atoms with Gasteiger partial charge in [-0.3, -0.25) is 0 Å². The van der Waals surface area contributed by atoms with Crippen LogP contribution in [0.25, 0.3) is 6.08 Å². The van der Waals surface area contributed by atoms with Crippen LogP contribution in [-0.2, 0) is 0 Å². The van der Waals surface area contributed by atoms with Crippen LogP contribution in [-0.4, -0.2) is 11.2 Å². The quantitative estimate of drug-likeness (QED) is 0.564. The molecule has 0 saturated heterocycles. The van der Waals surface area contributed by atoms with Crippen molar-refractivity contribution in [1.82, 2.24) is 4.98 Å². The molecule has 1 aromatic heterocycles. The van der Waals surface area contributed by atoms with Gasteiger partial charge in [-0.2, -0.15) is 0 Å². The summed E-state index contributed by atoms with van der Waals surface area (Å²) in [5.41, 5.74) is 0.811. The van der Waals surface area contributed by atoms with Crippen molar-refractivity contribution in [2.75, 3.05) is 0 Å². The van der Waals surface area contributed by atoms with Crippen LogP contribution < -0.4 is 0 Å². The van der Waals surface area contributed by atoms with Crippen molar-refractivity contribution in [2.24, 2.45) is 10.9 Å². The highest BCUT2D eigenvalue weighted by molar-refractivity contribution is 5.73. The van der Waals surface area contributed by atoms with Crippen molar-refractivity contribution in [1.29, 1.82) is 0 Å². The van der Waals surface area contributed by atoms with Gasteiger partial charge in [0, 0.05) is 12.1 Å². The lowest BCUT2D eigenvalue weighted by Crippen LogP contribution is -1.86. The first kappa shape index (κ1) is 6.34. The molecule has 1 aliphatic rings. The van der Waals surface area contributed by atoms with Crippen LogP contribution in [0.5, 0.6) is 0 Å². The zero-order valence-electron chi connectivity index (χ0n) is 6.19. The molecule has 1 atom stereocenters. The van der Waals surface area contributed by atoms with Gasteiger partial charge >= 0.3 is 0 Å². The molecule has 0 fully saturated rings. The zero-order valence-corrected chi connectivity index (χ0v) is 6.19. The molecule has 11 heavy (non-hydrogen) atoms. The Balaban J connectivity index is 2.48. The van der Waals surface area contributed by atoms with Gasteiger partial charge in [-0.15, -0.1) is 0 Å². The fourth-order valence-corrected chi connectivity index (χ4v) is 0.937. The van der Waals surface area contributed by atoms with Crippen molar-refractivity contribution < 1.29 is 4.42 Å². The molecule has 1 aliphatic heterocycles. The van der Waals surface area contributed by atoms with Gasteiger partial charge in [0.1, 0.15) is 5.69 Å². The molecule has 1 unspecified atom stereocenters. The van der Waals surface area contributed by atoms with Crippen LogP contribution in [0.3, 0.4) is 0 Å². The van der Waals surface area contributed by atoms with Crippen LogP contribution in [0.2, 0.25) is 0 Å². The molecule has 0 radical (unpaired) electrons. The summed E-state index contributed by atoms with van der Waals surface area (Å²) in [6, 6.07) is 0. The first-order valence-corrected chi connectivity index (χ1v) is 3.52. The highest BCUT2D eigenvalue weighted by atomic mass is 16.4. The van der Waals surface area contributed by atoms with Crippen molar-refractivity contribution in [3.8, 4) is 0 Å². The zero-order chi connectivity index (χ0) is 7.68. The Kier molecular flexibility index (Phi) is 1.35. The van der Waals surface area contributed by atoms with Crippen LogP contribution in [0.4, 0.5) is 5.88 Å². The third-order valence-electron chi connectivity index (χ3n) is 1.56. The molecule has 0 bridgehead atoms. The summed E-state index contributed by atoms with van der Waals surface area (Å²) in [6.45, 7) is 2.06. The van der Waals surface area contributed by atoms with E-state index in [0.29, 0.717) is 11.8 Å². The summed E-state index contributed by atoms with van der Waals surface area (Å²) in [4.78, 5) is 8.10. The SMILES string of the molecule is CC1C=Cc2ncoc2N=C1. The number of fused-ring (bicyclic) bond motifs is 1. The maximum atomic E-state index is 5.02. The van der Waals surface area contributed by atoms with E-state index < -0.39 is 0 Å². The van der Waals surface area contributed by atoms with Crippen LogP contribution >= 0.6 is 0 Å². The Morgan fingerprint density at radius 1 is 1.55 bits per heavy atom.